The summed E-state index contributed by atoms with van der Waals surface area (Å²) >= 11 is 4.98. The van der Waals surface area contributed by atoms with E-state index in [1.165, 1.54) is 11.3 Å². The summed E-state index contributed by atoms with van der Waals surface area (Å²) in [5, 5.41) is 0.642. The van der Waals surface area contributed by atoms with Crippen LogP contribution in [0.25, 0.3) is 10.2 Å². The second kappa shape index (κ2) is 12.8. The van der Waals surface area contributed by atoms with Gasteiger partial charge in [-0.1, -0.05) is 40.1 Å². The smallest absolute Gasteiger partial charge is 1.00 e. The summed E-state index contributed by atoms with van der Waals surface area (Å²) in [4.78, 5) is 22.3. The monoisotopic (exact) mass is 614 g/mol. The number of fused-ring (bicyclic) bond motifs is 1. The standard InChI is InChI=1S/C25H31BrN4O3S2.ClH/c1-28(2)14-7-17-30(25-27-22-13-10-20(26)18-23(22)34-25)24(31)19-8-11-21(12-9-19)35(32,33)29-15-5-3-4-6-16-29;/h8-13,18H,3-7,14-17H2,1-2H3;1H. The number of halogens is 2. The fourth-order valence-electron chi connectivity index (χ4n) is 4.19. The molecule has 3 aromatic rings. The molecule has 2 heterocycles. The number of amides is 1. The van der Waals surface area contributed by atoms with Crippen LogP contribution < -0.4 is 17.3 Å². The molecule has 1 saturated heterocycles. The average molecular weight is 616 g/mol. The number of thiazole rings is 1. The number of anilines is 1. The number of nitrogens with zero attached hydrogens (tertiary/aromatic N) is 4. The van der Waals surface area contributed by atoms with Crippen molar-refractivity contribution in [1.82, 2.24) is 14.2 Å². The van der Waals surface area contributed by atoms with E-state index in [1.54, 1.807) is 33.5 Å². The molecule has 0 spiro atoms. The van der Waals surface area contributed by atoms with Crippen LogP contribution in [-0.2, 0) is 10.0 Å². The Kier molecular flexibility index (Phi) is 10.3. The van der Waals surface area contributed by atoms with Gasteiger partial charge < -0.3 is 17.3 Å². The normalized spacial score (nSPS) is 15.0. The third kappa shape index (κ3) is 6.85. The molecule has 0 unspecified atom stereocenters. The Hall–Kier alpha value is -1.56. The lowest BCUT2D eigenvalue weighted by atomic mass is 10.2. The molecule has 1 aliphatic rings. The zero-order chi connectivity index (χ0) is 25.0. The molecule has 7 nitrogen and oxygen atoms in total. The minimum absolute atomic E-state index is 0. The minimum atomic E-state index is -3.56. The van der Waals surface area contributed by atoms with E-state index in [9.17, 15) is 13.2 Å². The summed E-state index contributed by atoms with van der Waals surface area (Å²) in [6.07, 6.45) is 4.68. The number of carbonyl (C=O) groups excluding carboxylic acids is 1. The van der Waals surface area contributed by atoms with Crippen molar-refractivity contribution in [3.05, 3.63) is 52.5 Å². The van der Waals surface area contributed by atoms with Gasteiger partial charge in [0.15, 0.2) is 5.13 Å². The van der Waals surface area contributed by atoms with Crippen LogP contribution >= 0.6 is 27.3 Å². The first-order valence-corrected chi connectivity index (χ1v) is 14.9. The molecule has 1 aliphatic heterocycles. The first-order valence-electron chi connectivity index (χ1n) is 11.9. The number of sulfonamides is 1. The Morgan fingerprint density at radius 2 is 1.72 bits per heavy atom. The molecule has 196 valence electrons. The molecule has 1 fully saturated rings. The highest BCUT2D eigenvalue weighted by Gasteiger charge is 2.26. The van der Waals surface area contributed by atoms with E-state index in [0.717, 1.165) is 53.3 Å². The minimum Gasteiger partial charge on any atom is -1.00 e. The second-order valence-electron chi connectivity index (χ2n) is 9.06. The van der Waals surface area contributed by atoms with Crippen molar-refractivity contribution in [3.63, 3.8) is 0 Å². The maximum absolute atomic E-state index is 13.6. The topological polar surface area (TPSA) is 73.8 Å². The lowest BCUT2D eigenvalue weighted by Gasteiger charge is -2.22. The van der Waals surface area contributed by atoms with E-state index >= 15 is 0 Å². The molecular formula is C25H32BrClN4O3S2. The number of carbonyl (C=O) groups is 1. The quantitative estimate of drug-likeness (QED) is 0.389. The van der Waals surface area contributed by atoms with E-state index in [2.05, 4.69) is 20.8 Å². The molecule has 0 saturated carbocycles. The van der Waals surface area contributed by atoms with Crippen LogP contribution in [0.1, 0.15) is 43.9 Å². The van der Waals surface area contributed by atoms with Gasteiger partial charge in [-0.2, -0.15) is 4.31 Å². The highest BCUT2D eigenvalue weighted by Crippen LogP contribution is 2.32. The Morgan fingerprint density at radius 1 is 1.06 bits per heavy atom. The maximum atomic E-state index is 13.6. The summed E-state index contributed by atoms with van der Waals surface area (Å²) in [5.41, 5.74) is 1.29. The molecular weight excluding hydrogens is 584 g/mol. The molecule has 0 aliphatic carbocycles. The van der Waals surface area contributed by atoms with Crippen molar-refractivity contribution in [2.75, 3.05) is 45.2 Å². The lowest BCUT2D eigenvalue weighted by Crippen LogP contribution is -3.00. The van der Waals surface area contributed by atoms with Gasteiger partial charge in [0, 0.05) is 29.7 Å². The van der Waals surface area contributed by atoms with Gasteiger partial charge in [-0.15, -0.1) is 0 Å². The Bertz CT molecular complexity index is 1280. The Morgan fingerprint density at radius 3 is 2.36 bits per heavy atom. The Labute approximate surface area is 233 Å². The van der Waals surface area contributed by atoms with E-state index in [0.29, 0.717) is 30.3 Å². The van der Waals surface area contributed by atoms with Crippen LogP contribution in [0.5, 0.6) is 0 Å². The predicted molar refractivity (Wildman–Crippen MR) is 147 cm³/mol. The highest BCUT2D eigenvalue weighted by atomic mass is 79.9. The van der Waals surface area contributed by atoms with Gasteiger partial charge in [0.1, 0.15) is 0 Å². The summed E-state index contributed by atoms with van der Waals surface area (Å²) in [6.45, 7) is 2.46. The van der Waals surface area contributed by atoms with E-state index in [4.69, 9.17) is 4.98 Å². The van der Waals surface area contributed by atoms with Gasteiger partial charge in [0.2, 0.25) is 10.0 Å². The first-order chi connectivity index (χ1) is 16.8. The predicted octanol–water partition coefficient (Wildman–Crippen LogP) is 2.34. The van der Waals surface area contributed by atoms with Crippen molar-refractivity contribution in [2.45, 2.75) is 37.0 Å². The molecule has 0 atom stereocenters. The zero-order valence-corrected chi connectivity index (χ0v) is 24.5. The summed E-state index contributed by atoms with van der Waals surface area (Å²) < 4.78 is 29.8. The molecule has 0 N–H and O–H groups in total. The maximum Gasteiger partial charge on any atom is 1.00 e. The third-order valence-corrected chi connectivity index (χ3v) is 9.55. The number of rotatable bonds is 8. The van der Waals surface area contributed by atoms with Crippen LogP contribution in [0.4, 0.5) is 5.13 Å². The molecule has 4 rings (SSSR count). The van der Waals surface area contributed by atoms with Gasteiger partial charge in [-0.3, -0.25) is 9.69 Å². The van der Waals surface area contributed by atoms with Crippen molar-refractivity contribution < 1.29 is 27.0 Å². The first kappa shape index (κ1) is 29.0. The van der Waals surface area contributed by atoms with Crippen LogP contribution in [0, 0.1) is 0 Å². The van der Waals surface area contributed by atoms with Crippen LogP contribution in [0.3, 0.4) is 0 Å². The SMILES string of the molecule is CN(C)CCCN(C(=O)c1ccc(S(=O)(=O)N2CCCCCC2)cc1)c1nc2ccc(Br)cc2s1.[Cl-].[H+]. The number of aromatic nitrogens is 1. The molecule has 36 heavy (non-hydrogen) atoms. The number of hydrogen-bond acceptors (Lipinski definition) is 6. The second-order valence-corrected chi connectivity index (χ2v) is 12.9. The molecule has 2 aromatic carbocycles. The molecule has 0 bridgehead atoms. The van der Waals surface area contributed by atoms with Crippen molar-refractivity contribution >= 4 is 58.5 Å². The fraction of sp³-hybridized carbons (Fsp3) is 0.440. The average Bonchev–Trinajstić information content (AvgIpc) is 3.04. The van der Waals surface area contributed by atoms with Crippen LogP contribution in [0.2, 0.25) is 0 Å². The van der Waals surface area contributed by atoms with Crippen molar-refractivity contribution in [2.24, 2.45) is 0 Å². The summed E-state index contributed by atoms with van der Waals surface area (Å²) in [7, 11) is 0.452. The van der Waals surface area contributed by atoms with Gasteiger partial charge in [0.25, 0.3) is 5.91 Å². The molecule has 0 radical (unpaired) electrons. The third-order valence-electron chi connectivity index (χ3n) is 6.11. The number of hydrogen-bond donors (Lipinski definition) is 0. The van der Waals surface area contributed by atoms with Gasteiger partial charge in [-0.25, -0.2) is 13.4 Å². The van der Waals surface area contributed by atoms with Crippen LogP contribution in [0.15, 0.2) is 51.8 Å². The van der Waals surface area contributed by atoms with Crippen molar-refractivity contribution in [3.8, 4) is 0 Å². The highest BCUT2D eigenvalue weighted by molar-refractivity contribution is 9.10. The molecule has 1 amide bonds. The van der Waals surface area contributed by atoms with Crippen LogP contribution in [-0.4, -0.2) is 68.8 Å². The largest absolute Gasteiger partial charge is 1.00 e. The summed E-state index contributed by atoms with van der Waals surface area (Å²) in [5.74, 6) is -0.180. The summed E-state index contributed by atoms with van der Waals surface area (Å²) in [6, 6.07) is 12.2. The molecule has 1 aromatic heterocycles. The van der Waals surface area contributed by atoms with E-state index in [1.807, 2.05) is 32.3 Å². The van der Waals surface area contributed by atoms with E-state index in [-0.39, 0.29) is 24.6 Å². The van der Waals surface area contributed by atoms with E-state index < -0.39 is 10.0 Å². The van der Waals surface area contributed by atoms with Gasteiger partial charge in [0.05, 0.1) is 15.1 Å². The zero-order valence-electron chi connectivity index (χ0n) is 21.5. The fourth-order valence-corrected chi connectivity index (χ4v) is 7.25. The van der Waals surface area contributed by atoms with Crippen molar-refractivity contribution in [1.29, 1.82) is 0 Å². The lowest BCUT2D eigenvalue weighted by molar-refractivity contribution is -0.0000172. The molecule has 11 heteroatoms. The van der Waals surface area contributed by atoms with Gasteiger partial charge >= 0.3 is 1.43 Å². The number of benzene rings is 2. The van der Waals surface area contributed by atoms with Gasteiger partial charge in [-0.05, 0) is 82.4 Å². The Balaban J connectivity index is 0.00000241.